The van der Waals surface area contributed by atoms with Gasteiger partial charge in [-0.1, -0.05) is 57.6 Å². The van der Waals surface area contributed by atoms with Crippen molar-refractivity contribution in [3.63, 3.8) is 0 Å². The second-order valence-corrected chi connectivity index (χ2v) is 6.32. The lowest BCUT2D eigenvalue weighted by molar-refractivity contribution is -0.151. The average Bonchev–Trinajstić information content (AvgIpc) is 2.48. The zero-order chi connectivity index (χ0) is 16.2. The van der Waals surface area contributed by atoms with Crippen LogP contribution in [-0.4, -0.2) is 34.5 Å². The number of hydrogen-bond acceptors (Lipinski definition) is 4. The Hall–Kier alpha value is -0.870. The number of cyclic esters (lactones) is 1. The molecular formula is C18H32O4. The van der Waals surface area contributed by atoms with Gasteiger partial charge in [0.25, 0.3) is 0 Å². The van der Waals surface area contributed by atoms with Gasteiger partial charge in [0.05, 0.1) is 18.6 Å². The molecule has 0 aromatic carbocycles. The Balaban J connectivity index is 2.28. The van der Waals surface area contributed by atoms with Crippen molar-refractivity contribution in [2.24, 2.45) is 0 Å². The normalized spacial score (nSPS) is 28.1. The molecule has 0 spiro atoms. The highest BCUT2D eigenvalue weighted by molar-refractivity contribution is 5.70. The van der Waals surface area contributed by atoms with Crippen molar-refractivity contribution in [2.45, 2.75) is 95.9 Å². The first-order valence-electron chi connectivity index (χ1n) is 8.85. The van der Waals surface area contributed by atoms with E-state index in [1.807, 2.05) is 0 Å². The van der Waals surface area contributed by atoms with Gasteiger partial charge in [-0.25, -0.2) is 0 Å². The molecule has 0 unspecified atom stereocenters. The monoisotopic (exact) mass is 312 g/mol. The van der Waals surface area contributed by atoms with E-state index in [2.05, 4.69) is 6.92 Å². The predicted octanol–water partition coefficient (Wildman–Crippen LogP) is 3.50. The van der Waals surface area contributed by atoms with Crippen LogP contribution in [0.3, 0.4) is 0 Å². The lowest BCUT2D eigenvalue weighted by Crippen LogP contribution is -2.24. The zero-order valence-corrected chi connectivity index (χ0v) is 13.9. The van der Waals surface area contributed by atoms with Gasteiger partial charge in [-0.15, -0.1) is 0 Å². The van der Waals surface area contributed by atoms with Crippen LogP contribution in [0.5, 0.6) is 0 Å². The summed E-state index contributed by atoms with van der Waals surface area (Å²) in [5.74, 6) is -0.346. The van der Waals surface area contributed by atoms with Gasteiger partial charge < -0.3 is 14.9 Å². The maximum absolute atomic E-state index is 11.7. The van der Waals surface area contributed by atoms with Crippen molar-refractivity contribution < 1.29 is 19.7 Å². The standard InChI is InChI=1S/C18H32O4/c1-2-3-4-5-6-7-8-9-17-13-12-15(19)10-11-16(20)14-18(21)22-17/h10-11,15-17,19-20H,2-9,12-14H2,1H3/b11-10+/t15-,16+,17+/m1/s1. The van der Waals surface area contributed by atoms with Gasteiger partial charge in [-0.3, -0.25) is 4.79 Å². The topological polar surface area (TPSA) is 66.8 Å². The van der Waals surface area contributed by atoms with Crippen LogP contribution in [0.4, 0.5) is 0 Å². The molecule has 0 fully saturated rings. The minimum Gasteiger partial charge on any atom is -0.462 e. The van der Waals surface area contributed by atoms with Crippen molar-refractivity contribution in [3.05, 3.63) is 12.2 Å². The third kappa shape index (κ3) is 9.21. The number of rotatable bonds is 8. The first kappa shape index (κ1) is 19.2. The third-order valence-corrected chi connectivity index (χ3v) is 4.14. The summed E-state index contributed by atoms with van der Waals surface area (Å²) >= 11 is 0. The van der Waals surface area contributed by atoms with E-state index in [4.69, 9.17) is 4.74 Å². The minimum atomic E-state index is -0.862. The van der Waals surface area contributed by atoms with E-state index in [0.717, 1.165) is 12.8 Å². The highest BCUT2D eigenvalue weighted by Crippen LogP contribution is 2.18. The Kier molecular flexibility index (Phi) is 10.2. The number of aliphatic hydroxyl groups is 2. The number of ether oxygens (including phenoxy) is 1. The van der Waals surface area contributed by atoms with Gasteiger partial charge in [0.2, 0.25) is 0 Å². The van der Waals surface area contributed by atoms with Crippen molar-refractivity contribution in [2.75, 3.05) is 0 Å². The second-order valence-electron chi connectivity index (χ2n) is 6.32. The van der Waals surface area contributed by atoms with E-state index in [9.17, 15) is 15.0 Å². The lowest BCUT2D eigenvalue weighted by atomic mass is 10.0. The Morgan fingerprint density at radius 1 is 1.00 bits per heavy atom. The first-order chi connectivity index (χ1) is 10.6. The number of aliphatic hydroxyl groups excluding tert-OH is 2. The summed E-state index contributed by atoms with van der Waals surface area (Å²) in [4.78, 5) is 11.7. The third-order valence-electron chi connectivity index (χ3n) is 4.14. The molecule has 0 amide bonds. The molecular weight excluding hydrogens is 280 g/mol. The van der Waals surface area contributed by atoms with E-state index >= 15 is 0 Å². The van der Waals surface area contributed by atoms with Gasteiger partial charge in [0, 0.05) is 0 Å². The molecule has 0 saturated carbocycles. The van der Waals surface area contributed by atoms with Crippen LogP contribution in [0, 0.1) is 0 Å². The SMILES string of the molecule is CCCCCCCCC[C@H]1CC[C@H](O)/C=C/[C@H](O)CC(=O)O1. The molecule has 128 valence electrons. The van der Waals surface area contributed by atoms with Gasteiger partial charge in [-0.05, 0) is 25.7 Å². The van der Waals surface area contributed by atoms with Crippen LogP contribution in [-0.2, 0) is 9.53 Å². The quantitative estimate of drug-likeness (QED) is 0.409. The van der Waals surface area contributed by atoms with Gasteiger partial charge in [-0.2, -0.15) is 0 Å². The fourth-order valence-corrected chi connectivity index (χ4v) is 2.77. The second kappa shape index (κ2) is 11.7. The molecule has 0 saturated heterocycles. The number of hydrogen-bond donors (Lipinski definition) is 2. The maximum Gasteiger partial charge on any atom is 0.309 e. The van der Waals surface area contributed by atoms with Crippen molar-refractivity contribution in [1.29, 1.82) is 0 Å². The summed E-state index contributed by atoms with van der Waals surface area (Å²) in [5.41, 5.74) is 0. The van der Waals surface area contributed by atoms with Gasteiger partial charge >= 0.3 is 5.97 Å². The summed E-state index contributed by atoms with van der Waals surface area (Å²) < 4.78 is 5.45. The molecule has 4 heteroatoms. The van der Waals surface area contributed by atoms with Gasteiger partial charge in [0.1, 0.15) is 6.10 Å². The van der Waals surface area contributed by atoms with Crippen LogP contribution in [0.1, 0.15) is 77.6 Å². The fourth-order valence-electron chi connectivity index (χ4n) is 2.77. The van der Waals surface area contributed by atoms with Crippen molar-refractivity contribution >= 4 is 5.97 Å². The molecule has 1 rings (SSSR count). The van der Waals surface area contributed by atoms with E-state index in [1.165, 1.54) is 44.6 Å². The highest BCUT2D eigenvalue weighted by Gasteiger charge is 2.19. The Bertz CT molecular complexity index is 327. The molecule has 2 N–H and O–H groups in total. The number of esters is 1. The summed E-state index contributed by atoms with van der Waals surface area (Å²) in [6, 6.07) is 0. The van der Waals surface area contributed by atoms with E-state index in [0.29, 0.717) is 12.8 Å². The van der Waals surface area contributed by atoms with Crippen molar-refractivity contribution in [1.82, 2.24) is 0 Å². The maximum atomic E-state index is 11.7. The largest absolute Gasteiger partial charge is 0.462 e. The lowest BCUT2D eigenvalue weighted by Gasteiger charge is -2.21. The summed E-state index contributed by atoms with van der Waals surface area (Å²) in [6.07, 6.45) is 12.2. The Labute approximate surface area is 134 Å². The summed E-state index contributed by atoms with van der Waals surface area (Å²) in [7, 11) is 0. The fraction of sp³-hybridized carbons (Fsp3) is 0.833. The van der Waals surface area contributed by atoms with Crippen LogP contribution in [0.2, 0.25) is 0 Å². The average molecular weight is 312 g/mol. The highest BCUT2D eigenvalue weighted by atomic mass is 16.5. The minimum absolute atomic E-state index is 0.0310. The summed E-state index contributed by atoms with van der Waals surface area (Å²) in [6.45, 7) is 2.22. The van der Waals surface area contributed by atoms with E-state index in [1.54, 1.807) is 6.08 Å². The molecule has 0 aliphatic carbocycles. The van der Waals surface area contributed by atoms with Crippen LogP contribution in [0.15, 0.2) is 12.2 Å². The van der Waals surface area contributed by atoms with Gasteiger partial charge in [0.15, 0.2) is 0 Å². The zero-order valence-electron chi connectivity index (χ0n) is 13.9. The Morgan fingerprint density at radius 2 is 1.64 bits per heavy atom. The van der Waals surface area contributed by atoms with E-state index in [-0.39, 0.29) is 18.5 Å². The van der Waals surface area contributed by atoms with Crippen LogP contribution < -0.4 is 0 Å². The number of carbonyl (C=O) groups is 1. The molecule has 22 heavy (non-hydrogen) atoms. The van der Waals surface area contributed by atoms with Crippen LogP contribution in [0.25, 0.3) is 0 Å². The molecule has 0 radical (unpaired) electrons. The smallest absolute Gasteiger partial charge is 0.309 e. The summed E-state index contributed by atoms with van der Waals surface area (Å²) in [5, 5.41) is 19.4. The molecule has 1 heterocycles. The number of unbranched alkanes of at least 4 members (excludes halogenated alkanes) is 6. The first-order valence-corrected chi connectivity index (χ1v) is 8.85. The molecule has 1 aliphatic rings. The Morgan fingerprint density at radius 3 is 2.36 bits per heavy atom. The molecule has 0 bridgehead atoms. The van der Waals surface area contributed by atoms with Crippen molar-refractivity contribution in [3.8, 4) is 0 Å². The number of carbonyl (C=O) groups excluding carboxylic acids is 1. The molecule has 0 aromatic rings. The van der Waals surface area contributed by atoms with E-state index < -0.39 is 12.2 Å². The van der Waals surface area contributed by atoms with Crippen LogP contribution >= 0.6 is 0 Å². The molecule has 4 nitrogen and oxygen atoms in total. The molecule has 1 aliphatic heterocycles. The molecule has 3 atom stereocenters. The molecule has 0 aromatic heterocycles. The predicted molar refractivity (Wildman–Crippen MR) is 87.5 cm³/mol.